The Hall–Kier alpha value is -4.97. The van der Waals surface area contributed by atoms with E-state index in [0.717, 1.165) is 61.1 Å². The largest absolute Gasteiger partial charge is 0.351 e. The van der Waals surface area contributed by atoms with Crippen molar-refractivity contribution in [1.82, 2.24) is 51.2 Å². The molecule has 0 spiro atoms. The summed E-state index contributed by atoms with van der Waals surface area (Å²) in [5.41, 5.74) is 3.35. The molecule has 2 aliphatic carbocycles. The number of carbonyl (C=O) groups excluding carboxylic acids is 5. The van der Waals surface area contributed by atoms with E-state index in [0.29, 0.717) is 42.5 Å². The van der Waals surface area contributed by atoms with Gasteiger partial charge in [0.2, 0.25) is 23.7 Å². The van der Waals surface area contributed by atoms with Gasteiger partial charge in [-0.2, -0.15) is 5.10 Å². The van der Waals surface area contributed by atoms with Crippen LogP contribution in [0.2, 0.25) is 0 Å². The lowest BCUT2D eigenvalue weighted by Gasteiger charge is -2.29. The van der Waals surface area contributed by atoms with Crippen molar-refractivity contribution in [2.45, 2.75) is 102 Å². The van der Waals surface area contributed by atoms with Gasteiger partial charge in [0.15, 0.2) is 5.82 Å². The van der Waals surface area contributed by atoms with E-state index in [1.54, 1.807) is 11.6 Å². The molecule has 1 unspecified atom stereocenters. The number of piperidine rings is 1. The number of thiophene rings is 1. The number of hydrogen-bond acceptors (Lipinski definition) is 11. The lowest BCUT2D eigenvalue weighted by Crippen LogP contribution is -2.52. The molecule has 18 heteroatoms. The van der Waals surface area contributed by atoms with Gasteiger partial charge in [-0.1, -0.05) is 0 Å². The van der Waals surface area contributed by atoms with E-state index >= 15 is 0 Å². The van der Waals surface area contributed by atoms with Crippen LogP contribution in [0.25, 0.3) is 11.3 Å². The molecule has 7 rings (SSSR count). The van der Waals surface area contributed by atoms with Gasteiger partial charge in [0.1, 0.15) is 11.7 Å². The molecule has 0 bridgehead atoms. The van der Waals surface area contributed by atoms with Gasteiger partial charge in [0.25, 0.3) is 5.91 Å². The minimum Gasteiger partial charge on any atom is -0.351 e. The Kier molecular flexibility index (Phi) is 12.0. The van der Waals surface area contributed by atoms with Crippen LogP contribution in [0.1, 0.15) is 90.7 Å². The van der Waals surface area contributed by atoms with Crippen LogP contribution < -0.4 is 31.9 Å². The standard InChI is InChI=1S/C37H48FN11O5S/c1-48-29(14-21-4-5-21)24(15-43-48)33-27(38)16-42-36(47-33)44-22-6-8-23(9-7-22)45-37(54)40-13-3-2-12-39-18-32(51)41-17-30-25-19-49(35(53)26(25)20-55-30)28-10-11-31(50)46-34(28)52/h15-16,20-23,28,39H,2-14,17-19H2,1H3,(H,41,51)(H2,40,45,54)(H,42,44,47)(H,46,50,52). The fourth-order valence-electron chi connectivity index (χ4n) is 7.50. The first-order valence-electron chi connectivity index (χ1n) is 19.2. The molecule has 2 aliphatic heterocycles. The highest BCUT2D eigenvalue weighted by Gasteiger charge is 2.40. The number of fused-ring (bicyclic) bond motifs is 1. The predicted molar refractivity (Wildman–Crippen MR) is 201 cm³/mol. The third-order valence-electron chi connectivity index (χ3n) is 10.8. The molecule has 294 valence electrons. The molecule has 4 aliphatic rings. The van der Waals surface area contributed by atoms with E-state index in [1.807, 2.05) is 11.7 Å². The molecule has 3 aromatic heterocycles. The van der Waals surface area contributed by atoms with Crippen LogP contribution in [-0.4, -0.2) is 92.1 Å². The number of aromatic nitrogens is 4. The lowest BCUT2D eigenvalue weighted by atomic mass is 9.91. The molecule has 55 heavy (non-hydrogen) atoms. The van der Waals surface area contributed by atoms with Crippen molar-refractivity contribution in [3.63, 3.8) is 0 Å². The van der Waals surface area contributed by atoms with Crippen LogP contribution in [0.4, 0.5) is 15.1 Å². The van der Waals surface area contributed by atoms with Gasteiger partial charge in [-0.15, -0.1) is 11.3 Å². The molecule has 0 radical (unpaired) electrons. The number of rotatable bonds is 16. The number of halogens is 1. The summed E-state index contributed by atoms with van der Waals surface area (Å²) in [4.78, 5) is 72.8. The average Bonchev–Trinajstić information content (AvgIpc) is 3.67. The molecule has 2 saturated carbocycles. The van der Waals surface area contributed by atoms with Gasteiger partial charge >= 0.3 is 6.03 Å². The number of anilines is 1. The maximum absolute atomic E-state index is 14.8. The Labute approximate surface area is 322 Å². The Bertz CT molecular complexity index is 1920. The van der Waals surface area contributed by atoms with Crippen LogP contribution in [0.15, 0.2) is 17.8 Å². The first-order valence-corrected chi connectivity index (χ1v) is 20.1. The third kappa shape index (κ3) is 9.47. The third-order valence-corrected chi connectivity index (χ3v) is 11.8. The number of nitrogens with zero attached hydrogens (tertiary/aromatic N) is 5. The number of aryl methyl sites for hydroxylation is 1. The van der Waals surface area contributed by atoms with Gasteiger partial charge in [0.05, 0.1) is 31.0 Å². The zero-order valence-electron chi connectivity index (χ0n) is 30.9. The molecule has 3 aromatic rings. The van der Waals surface area contributed by atoms with E-state index in [4.69, 9.17) is 0 Å². The molecule has 5 heterocycles. The Morgan fingerprint density at radius 1 is 0.982 bits per heavy atom. The summed E-state index contributed by atoms with van der Waals surface area (Å²) in [6.45, 7) is 1.83. The summed E-state index contributed by atoms with van der Waals surface area (Å²) in [7, 11) is 1.88. The first kappa shape index (κ1) is 38.3. The Morgan fingerprint density at radius 3 is 2.55 bits per heavy atom. The highest BCUT2D eigenvalue weighted by atomic mass is 32.1. The van der Waals surface area contributed by atoms with E-state index in [2.05, 4.69) is 47.0 Å². The predicted octanol–water partition coefficient (Wildman–Crippen LogP) is 2.50. The van der Waals surface area contributed by atoms with Crippen LogP contribution in [-0.2, 0) is 40.9 Å². The van der Waals surface area contributed by atoms with Crippen LogP contribution in [0.5, 0.6) is 0 Å². The monoisotopic (exact) mass is 777 g/mol. The quantitative estimate of drug-likeness (QED) is 0.0927. The molecule has 16 nitrogen and oxygen atoms in total. The van der Waals surface area contributed by atoms with Crippen LogP contribution in [0, 0.1) is 11.7 Å². The zero-order chi connectivity index (χ0) is 38.5. The summed E-state index contributed by atoms with van der Waals surface area (Å²) in [5, 5.41) is 23.8. The van der Waals surface area contributed by atoms with Gasteiger partial charge in [-0.25, -0.2) is 19.2 Å². The number of imide groups is 1. The minimum atomic E-state index is -0.669. The van der Waals surface area contributed by atoms with E-state index in [1.165, 1.54) is 35.3 Å². The van der Waals surface area contributed by atoms with E-state index in [9.17, 15) is 28.4 Å². The second-order valence-corrected chi connectivity index (χ2v) is 15.8. The fraction of sp³-hybridized carbons (Fsp3) is 0.568. The molecule has 1 saturated heterocycles. The van der Waals surface area contributed by atoms with Crippen molar-refractivity contribution < 1.29 is 28.4 Å². The molecule has 6 N–H and O–H groups in total. The number of unbranched alkanes of at least 4 members (excludes halogenated alkanes) is 1. The Morgan fingerprint density at radius 2 is 1.76 bits per heavy atom. The van der Waals surface area contributed by atoms with Gasteiger partial charge in [-0.05, 0) is 82.2 Å². The summed E-state index contributed by atoms with van der Waals surface area (Å²) >= 11 is 1.40. The number of hydrogen-bond donors (Lipinski definition) is 6. The SMILES string of the molecule is Cn1ncc(-c2nc(NC3CCC(NC(=O)NCCCCNCC(=O)NCc4scc5c4CN(C4CCC(=O)NC4=O)C5=O)CC3)ncc2F)c1CC1CC1. The van der Waals surface area contributed by atoms with Crippen molar-refractivity contribution in [3.05, 3.63) is 45.3 Å². The van der Waals surface area contributed by atoms with Gasteiger partial charge < -0.3 is 31.5 Å². The lowest BCUT2D eigenvalue weighted by molar-refractivity contribution is -0.137. The molecular weight excluding hydrogens is 730 g/mol. The van der Waals surface area contributed by atoms with Gasteiger partial charge in [-0.3, -0.25) is 29.2 Å². The maximum Gasteiger partial charge on any atom is 0.315 e. The van der Waals surface area contributed by atoms with Crippen molar-refractivity contribution in [1.29, 1.82) is 0 Å². The topological polar surface area (TPSA) is 204 Å². The smallest absolute Gasteiger partial charge is 0.315 e. The fourth-order valence-corrected chi connectivity index (χ4v) is 8.47. The molecule has 0 aromatic carbocycles. The molecule has 6 amide bonds. The summed E-state index contributed by atoms with van der Waals surface area (Å²) in [6.07, 6.45) is 11.4. The first-order chi connectivity index (χ1) is 26.6. The average molecular weight is 778 g/mol. The van der Waals surface area contributed by atoms with Crippen molar-refractivity contribution in [2.24, 2.45) is 13.0 Å². The summed E-state index contributed by atoms with van der Waals surface area (Å²) in [6, 6.07) is -0.689. The summed E-state index contributed by atoms with van der Waals surface area (Å²) < 4.78 is 16.6. The van der Waals surface area contributed by atoms with E-state index in [-0.39, 0.29) is 67.6 Å². The number of amides is 6. The highest BCUT2D eigenvalue weighted by Crippen LogP contribution is 2.36. The highest BCUT2D eigenvalue weighted by molar-refractivity contribution is 7.10. The second kappa shape index (κ2) is 17.2. The zero-order valence-corrected chi connectivity index (χ0v) is 31.7. The molecular formula is C37H48FN11O5S. The Balaban J connectivity index is 0.738. The molecule has 1 atom stereocenters. The number of urea groups is 1. The van der Waals surface area contributed by atoms with Crippen LogP contribution >= 0.6 is 11.3 Å². The minimum absolute atomic E-state index is 0.0586. The van der Waals surface area contributed by atoms with Crippen molar-refractivity contribution >= 4 is 46.9 Å². The van der Waals surface area contributed by atoms with Crippen molar-refractivity contribution in [2.75, 3.05) is 25.0 Å². The van der Waals surface area contributed by atoms with E-state index < -0.39 is 17.8 Å². The number of carbonyl (C=O) groups is 5. The normalized spacial score (nSPS) is 20.9. The van der Waals surface area contributed by atoms with Gasteiger partial charge in [0, 0.05) is 60.2 Å². The second-order valence-electron chi connectivity index (χ2n) is 14.9. The number of nitrogens with one attached hydrogen (secondary N) is 6. The summed E-state index contributed by atoms with van der Waals surface area (Å²) in [5.74, 6) is -0.617. The molecule has 3 fully saturated rings. The van der Waals surface area contributed by atoms with Crippen molar-refractivity contribution in [3.8, 4) is 11.3 Å². The maximum atomic E-state index is 14.8. The van der Waals surface area contributed by atoms with Crippen LogP contribution in [0.3, 0.4) is 0 Å².